The molecule has 78 valence electrons. The molecule has 2 aromatic rings. The number of hydrogen-bond acceptors (Lipinski definition) is 3. The molecule has 0 aliphatic carbocycles. The number of halogens is 1. The lowest BCUT2D eigenvalue weighted by Crippen LogP contribution is -1.92. The van der Waals surface area contributed by atoms with Crippen LogP contribution in [0.25, 0.3) is 0 Å². The monoisotopic (exact) mass is 222 g/mol. The van der Waals surface area contributed by atoms with Crippen LogP contribution in [0.2, 0.25) is 0 Å². The van der Waals surface area contributed by atoms with E-state index in [1.807, 2.05) is 13.0 Å². The Morgan fingerprint density at radius 2 is 2.20 bits per heavy atom. The summed E-state index contributed by atoms with van der Waals surface area (Å²) in [6.45, 7) is 1.90. The van der Waals surface area contributed by atoms with Crippen molar-refractivity contribution in [1.82, 2.24) is 4.98 Å². The van der Waals surface area contributed by atoms with Crippen LogP contribution in [0.1, 0.15) is 15.3 Å². The predicted molar refractivity (Wildman–Crippen MR) is 60.5 cm³/mol. The molecule has 0 fully saturated rings. The second-order valence-corrected chi connectivity index (χ2v) is 4.77. The highest BCUT2D eigenvalue weighted by molar-refractivity contribution is 7.11. The molecular formula is C11H11FN2S. The third-order valence-corrected chi connectivity index (χ3v) is 3.09. The number of nitrogens with zero attached hydrogens (tertiary/aromatic N) is 1. The number of anilines is 1. The van der Waals surface area contributed by atoms with Crippen LogP contribution in [0.4, 0.5) is 10.1 Å². The van der Waals surface area contributed by atoms with Crippen LogP contribution in [0.15, 0.2) is 24.5 Å². The number of aromatic nitrogens is 1. The lowest BCUT2D eigenvalue weighted by Gasteiger charge is -1.99. The number of nitrogen functional groups attached to an aromatic ring is 1. The quantitative estimate of drug-likeness (QED) is 0.848. The molecule has 0 aromatic carbocycles. The summed E-state index contributed by atoms with van der Waals surface area (Å²) in [4.78, 5) is 5.70. The molecule has 0 aliphatic rings. The molecule has 0 unspecified atom stereocenters. The van der Waals surface area contributed by atoms with E-state index in [-0.39, 0.29) is 5.82 Å². The van der Waals surface area contributed by atoms with Crippen LogP contribution in [0.3, 0.4) is 0 Å². The highest BCUT2D eigenvalue weighted by Crippen LogP contribution is 2.23. The van der Waals surface area contributed by atoms with Crippen LogP contribution in [-0.2, 0) is 6.42 Å². The summed E-state index contributed by atoms with van der Waals surface area (Å²) >= 11 is 1.47. The Balaban J connectivity index is 2.25. The number of thiophene rings is 1. The second kappa shape index (κ2) is 3.98. The first kappa shape index (κ1) is 10.1. The standard InChI is InChI=1S/C11H11FN2S/c1-7-2-10(12)11(15-7)4-8-3-9(13)6-14-5-8/h2-3,5-6H,4,13H2,1H3. The minimum Gasteiger partial charge on any atom is -0.397 e. The number of rotatable bonds is 2. The summed E-state index contributed by atoms with van der Waals surface area (Å²) in [7, 11) is 0. The van der Waals surface area contributed by atoms with Gasteiger partial charge in [-0.05, 0) is 24.6 Å². The fourth-order valence-electron chi connectivity index (χ4n) is 1.44. The molecule has 0 saturated carbocycles. The Bertz CT molecular complexity index is 479. The summed E-state index contributed by atoms with van der Waals surface area (Å²) in [5.41, 5.74) is 7.16. The Kier molecular flexibility index (Phi) is 2.68. The molecule has 0 spiro atoms. The van der Waals surface area contributed by atoms with Gasteiger partial charge in [0, 0.05) is 28.6 Å². The van der Waals surface area contributed by atoms with Crippen molar-refractivity contribution in [3.8, 4) is 0 Å². The fraction of sp³-hybridized carbons (Fsp3) is 0.182. The third-order valence-electron chi connectivity index (χ3n) is 2.06. The molecule has 0 atom stereocenters. The number of hydrogen-bond donors (Lipinski definition) is 1. The van der Waals surface area contributed by atoms with E-state index in [9.17, 15) is 4.39 Å². The molecule has 2 rings (SSSR count). The van der Waals surface area contributed by atoms with Crippen molar-refractivity contribution < 1.29 is 4.39 Å². The summed E-state index contributed by atoms with van der Waals surface area (Å²) in [6.07, 6.45) is 3.85. The van der Waals surface area contributed by atoms with Gasteiger partial charge in [-0.25, -0.2) is 4.39 Å². The minimum absolute atomic E-state index is 0.139. The number of pyridine rings is 1. The van der Waals surface area contributed by atoms with E-state index in [0.717, 1.165) is 15.3 Å². The Morgan fingerprint density at radius 1 is 1.40 bits per heavy atom. The normalized spacial score (nSPS) is 10.5. The zero-order valence-electron chi connectivity index (χ0n) is 8.33. The average molecular weight is 222 g/mol. The van der Waals surface area contributed by atoms with Gasteiger partial charge in [0.05, 0.1) is 5.69 Å². The van der Waals surface area contributed by atoms with Gasteiger partial charge in [0.25, 0.3) is 0 Å². The summed E-state index contributed by atoms with van der Waals surface area (Å²) < 4.78 is 13.4. The first-order valence-corrected chi connectivity index (χ1v) is 5.41. The Labute approximate surface area is 91.6 Å². The Morgan fingerprint density at radius 3 is 2.80 bits per heavy atom. The molecule has 2 N–H and O–H groups in total. The molecule has 2 nitrogen and oxygen atoms in total. The molecule has 4 heteroatoms. The van der Waals surface area contributed by atoms with Gasteiger partial charge < -0.3 is 5.73 Å². The number of aryl methyl sites for hydroxylation is 1. The van der Waals surface area contributed by atoms with Crippen molar-refractivity contribution in [3.63, 3.8) is 0 Å². The van der Waals surface area contributed by atoms with Gasteiger partial charge in [-0.3, -0.25) is 4.98 Å². The highest BCUT2D eigenvalue weighted by atomic mass is 32.1. The van der Waals surface area contributed by atoms with E-state index in [1.54, 1.807) is 18.5 Å². The molecule has 0 amide bonds. The molecule has 2 aromatic heterocycles. The van der Waals surface area contributed by atoms with Gasteiger partial charge in [0.15, 0.2) is 0 Å². The molecule has 0 saturated heterocycles. The molecule has 0 radical (unpaired) electrons. The fourth-order valence-corrected chi connectivity index (χ4v) is 2.39. The zero-order chi connectivity index (χ0) is 10.8. The van der Waals surface area contributed by atoms with E-state index < -0.39 is 0 Å². The predicted octanol–water partition coefficient (Wildman–Crippen LogP) is 2.76. The van der Waals surface area contributed by atoms with E-state index in [0.29, 0.717) is 12.1 Å². The smallest absolute Gasteiger partial charge is 0.137 e. The lowest BCUT2D eigenvalue weighted by molar-refractivity contribution is 0.621. The zero-order valence-corrected chi connectivity index (χ0v) is 9.14. The van der Waals surface area contributed by atoms with Gasteiger partial charge in [-0.2, -0.15) is 0 Å². The maximum absolute atomic E-state index is 13.4. The average Bonchev–Trinajstić information content (AvgIpc) is 2.45. The van der Waals surface area contributed by atoms with Gasteiger partial charge in [0.2, 0.25) is 0 Å². The first-order valence-electron chi connectivity index (χ1n) is 4.59. The lowest BCUT2D eigenvalue weighted by atomic mass is 10.2. The van der Waals surface area contributed by atoms with Crippen LogP contribution in [0.5, 0.6) is 0 Å². The summed E-state index contributed by atoms with van der Waals surface area (Å²) in [6, 6.07) is 3.38. The molecule has 0 aliphatic heterocycles. The first-order chi connectivity index (χ1) is 7.15. The highest BCUT2D eigenvalue weighted by Gasteiger charge is 2.07. The van der Waals surface area contributed by atoms with Gasteiger partial charge in [-0.15, -0.1) is 11.3 Å². The largest absolute Gasteiger partial charge is 0.397 e. The molecular weight excluding hydrogens is 211 g/mol. The van der Waals surface area contributed by atoms with Crippen molar-refractivity contribution in [2.24, 2.45) is 0 Å². The van der Waals surface area contributed by atoms with Crippen molar-refractivity contribution in [1.29, 1.82) is 0 Å². The van der Waals surface area contributed by atoms with Crippen molar-refractivity contribution >= 4 is 17.0 Å². The van der Waals surface area contributed by atoms with Crippen molar-refractivity contribution in [3.05, 3.63) is 45.7 Å². The van der Waals surface area contributed by atoms with Crippen LogP contribution in [0, 0.1) is 12.7 Å². The van der Waals surface area contributed by atoms with E-state index >= 15 is 0 Å². The topological polar surface area (TPSA) is 38.9 Å². The number of nitrogens with two attached hydrogens (primary N) is 1. The van der Waals surface area contributed by atoms with Crippen molar-refractivity contribution in [2.75, 3.05) is 5.73 Å². The van der Waals surface area contributed by atoms with E-state index in [2.05, 4.69) is 4.98 Å². The molecule has 15 heavy (non-hydrogen) atoms. The molecule has 2 heterocycles. The second-order valence-electron chi connectivity index (χ2n) is 3.43. The van der Waals surface area contributed by atoms with Gasteiger partial charge >= 0.3 is 0 Å². The third kappa shape index (κ3) is 2.33. The van der Waals surface area contributed by atoms with Crippen LogP contribution in [-0.4, -0.2) is 4.98 Å². The summed E-state index contributed by atoms with van der Waals surface area (Å²) in [5, 5.41) is 0. The molecule has 0 bridgehead atoms. The summed E-state index contributed by atoms with van der Waals surface area (Å²) in [5.74, 6) is -0.139. The van der Waals surface area contributed by atoms with Crippen molar-refractivity contribution in [2.45, 2.75) is 13.3 Å². The van der Waals surface area contributed by atoms with E-state index in [1.165, 1.54) is 11.3 Å². The maximum Gasteiger partial charge on any atom is 0.137 e. The SMILES string of the molecule is Cc1cc(F)c(Cc2cncc(N)c2)s1. The van der Waals surface area contributed by atoms with E-state index in [4.69, 9.17) is 5.73 Å². The van der Waals surface area contributed by atoms with Crippen LogP contribution >= 0.6 is 11.3 Å². The van der Waals surface area contributed by atoms with Crippen LogP contribution < -0.4 is 5.73 Å². The minimum atomic E-state index is -0.139. The maximum atomic E-state index is 13.4. The van der Waals surface area contributed by atoms with Gasteiger partial charge in [-0.1, -0.05) is 0 Å². The van der Waals surface area contributed by atoms with Gasteiger partial charge in [0.1, 0.15) is 5.82 Å². The Hall–Kier alpha value is -1.42.